The largest absolute Gasteiger partial charge is 0.444 e. The second-order valence-electron chi connectivity index (χ2n) is 8.81. The van der Waals surface area contributed by atoms with Gasteiger partial charge in [0.25, 0.3) is 0 Å². The molecule has 0 aromatic carbocycles. The quantitative estimate of drug-likeness (QED) is 0.783. The molecular formula is C21H30N4O3S. The van der Waals surface area contributed by atoms with Gasteiger partial charge in [-0.15, -0.1) is 11.3 Å². The van der Waals surface area contributed by atoms with Crippen LogP contribution in [0.15, 0.2) is 0 Å². The molecule has 1 aromatic rings. The zero-order valence-corrected chi connectivity index (χ0v) is 18.4. The van der Waals surface area contributed by atoms with E-state index in [1.807, 2.05) is 0 Å². The number of carbonyl (C=O) groups is 2. The van der Waals surface area contributed by atoms with E-state index in [1.165, 1.54) is 16.9 Å². The molecule has 3 rings (SSSR count). The van der Waals surface area contributed by atoms with Crippen molar-refractivity contribution < 1.29 is 14.3 Å². The number of fused-ring (bicyclic) bond motifs is 1. The van der Waals surface area contributed by atoms with Crippen molar-refractivity contribution in [2.75, 3.05) is 18.0 Å². The van der Waals surface area contributed by atoms with Crippen molar-refractivity contribution in [1.29, 1.82) is 5.26 Å². The molecule has 2 atom stereocenters. The first-order chi connectivity index (χ1) is 13.7. The standard InChI is InChI=1S/C21H30N4O3S/c1-13(23-20(27)28-21(2,3)4)18(26)24-14-9-10-25(12-14)19-16(11-22)15-7-5-6-8-17(15)29-19/h13-14H,5-10,12H2,1-4H3,(H,23,27)(H,24,26)/t13-,14-/m0/s1. The number of nitrogens with one attached hydrogen (secondary N) is 2. The van der Waals surface area contributed by atoms with Gasteiger partial charge in [0, 0.05) is 24.0 Å². The topological polar surface area (TPSA) is 94.5 Å². The third-order valence-corrected chi connectivity index (χ3v) is 6.57. The average molecular weight is 419 g/mol. The van der Waals surface area contributed by atoms with E-state index in [-0.39, 0.29) is 11.9 Å². The lowest BCUT2D eigenvalue weighted by molar-refractivity contribution is -0.123. The minimum Gasteiger partial charge on any atom is -0.444 e. The van der Waals surface area contributed by atoms with Gasteiger partial charge in [0.1, 0.15) is 22.7 Å². The molecule has 0 spiro atoms. The summed E-state index contributed by atoms with van der Waals surface area (Å²) in [5.74, 6) is -0.228. The van der Waals surface area contributed by atoms with Gasteiger partial charge in [0.15, 0.2) is 0 Å². The van der Waals surface area contributed by atoms with Crippen LogP contribution < -0.4 is 15.5 Å². The smallest absolute Gasteiger partial charge is 0.408 e. The number of aryl methyl sites for hydroxylation is 1. The minimum absolute atomic E-state index is 0.00365. The predicted molar refractivity (Wildman–Crippen MR) is 113 cm³/mol. The third-order valence-electron chi connectivity index (χ3n) is 5.21. The highest BCUT2D eigenvalue weighted by molar-refractivity contribution is 7.16. The lowest BCUT2D eigenvalue weighted by Crippen LogP contribution is -2.49. The van der Waals surface area contributed by atoms with Crippen LogP contribution >= 0.6 is 11.3 Å². The highest BCUT2D eigenvalue weighted by Crippen LogP contribution is 2.40. The van der Waals surface area contributed by atoms with Gasteiger partial charge in [-0.2, -0.15) is 5.26 Å². The second-order valence-corrected chi connectivity index (χ2v) is 9.89. The fourth-order valence-electron chi connectivity index (χ4n) is 3.83. The van der Waals surface area contributed by atoms with Crippen LogP contribution in [0.25, 0.3) is 0 Å². The fourth-order valence-corrected chi connectivity index (χ4v) is 5.20. The van der Waals surface area contributed by atoms with E-state index in [1.54, 1.807) is 39.0 Å². The molecular weight excluding hydrogens is 388 g/mol. The summed E-state index contributed by atoms with van der Waals surface area (Å²) < 4.78 is 5.20. The van der Waals surface area contributed by atoms with Crippen LogP contribution in [-0.4, -0.2) is 42.8 Å². The summed E-state index contributed by atoms with van der Waals surface area (Å²) in [7, 11) is 0. The van der Waals surface area contributed by atoms with Gasteiger partial charge >= 0.3 is 6.09 Å². The van der Waals surface area contributed by atoms with Gasteiger partial charge in [0.2, 0.25) is 5.91 Å². The highest BCUT2D eigenvalue weighted by atomic mass is 32.1. The number of rotatable bonds is 4. The molecule has 2 N–H and O–H groups in total. The van der Waals surface area contributed by atoms with Crippen LogP contribution in [-0.2, 0) is 22.4 Å². The molecule has 0 radical (unpaired) electrons. The Labute approximate surface area is 176 Å². The van der Waals surface area contributed by atoms with E-state index in [4.69, 9.17) is 4.74 Å². The number of carbonyl (C=O) groups excluding carboxylic acids is 2. The molecule has 1 aliphatic heterocycles. The summed E-state index contributed by atoms with van der Waals surface area (Å²) in [5, 5.41) is 16.3. The van der Waals surface area contributed by atoms with Crippen molar-refractivity contribution in [3.8, 4) is 6.07 Å². The van der Waals surface area contributed by atoms with Gasteiger partial charge in [-0.1, -0.05) is 0 Å². The number of hydrogen-bond donors (Lipinski definition) is 2. The van der Waals surface area contributed by atoms with Crippen LogP contribution in [0, 0.1) is 11.3 Å². The zero-order valence-electron chi connectivity index (χ0n) is 17.6. The van der Waals surface area contributed by atoms with Crippen molar-refractivity contribution in [2.45, 2.75) is 77.5 Å². The second kappa shape index (κ2) is 8.62. The van der Waals surface area contributed by atoms with Crippen LogP contribution in [0.5, 0.6) is 0 Å². The van der Waals surface area contributed by atoms with E-state index in [0.717, 1.165) is 42.8 Å². The van der Waals surface area contributed by atoms with Gasteiger partial charge in [-0.3, -0.25) is 4.79 Å². The number of alkyl carbamates (subject to hydrolysis) is 1. The predicted octanol–water partition coefficient (Wildman–Crippen LogP) is 3.11. The Morgan fingerprint density at radius 2 is 2.03 bits per heavy atom. The molecule has 0 unspecified atom stereocenters. The SMILES string of the molecule is C[C@H](NC(=O)OC(C)(C)C)C(=O)N[C@H]1CCN(c2sc3c(c2C#N)CCCC3)C1. The van der Waals surface area contributed by atoms with E-state index >= 15 is 0 Å². The Bertz CT molecular complexity index is 821. The number of anilines is 1. The average Bonchev–Trinajstić information content (AvgIpc) is 3.23. The molecule has 7 nitrogen and oxygen atoms in total. The van der Waals surface area contributed by atoms with Gasteiger partial charge in [0.05, 0.1) is 5.56 Å². The maximum Gasteiger partial charge on any atom is 0.408 e. The molecule has 1 saturated heterocycles. The van der Waals surface area contributed by atoms with E-state index in [0.29, 0.717) is 6.54 Å². The molecule has 0 bridgehead atoms. The Balaban J connectivity index is 1.56. The zero-order chi connectivity index (χ0) is 21.2. The summed E-state index contributed by atoms with van der Waals surface area (Å²) in [6.07, 6.45) is 4.62. The van der Waals surface area contributed by atoms with Crippen LogP contribution in [0.4, 0.5) is 9.80 Å². The first kappa shape index (κ1) is 21.4. The van der Waals surface area contributed by atoms with Crippen molar-refractivity contribution in [3.63, 3.8) is 0 Å². The molecule has 0 saturated carbocycles. The van der Waals surface area contributed by atoms with E-state index in [2.05, 4.69) is 21.6 Å². The maximum atomic E-state index is 12.5. The third kappa shape index (κ3) is 5.21. The Kier molecular flexibility index (Phi) is 6.37. The number of nitriles is 1. The highest BCUT2D eigenvalue weighted by Gasteiger charge is 2.31. The summed E-state index contributed by atoms with van der Waals surface area (Å²) in [6.45, 7) is 8.48. The molecule has 8 heteroatoms. The minimum atomic E-state index is -0.678. The molecule has 29 heavy (non-hydrogen) atoms. The van der Waals surface area contributed by atoms with Crippen molar-refractivity contribution in [3.05, 3.63) is 16.0 Å². The lowest BCUT2D eigenvalue weighted by atomic mass is 9.96. The Morgan fingerprint density at radius 1 is 1.31 bits per heavy atom. The van der Waals surface area contributed by atoms with Gasteiger partial charge in [-0.05, 0) is 65.4 Å². The molecule has 1 aromatic heterocycles. The van der Waals surface area contributed by atoms with Crippen molar-refractivity contribution in [2.24, 2.45) is 0 Å². The molecule has 158 valence electrons. The number of thiophene rings is 1. The Morgan fingerprint density at radius 3 is 2.72 bits per heavy atom. The molecule has 2 amide bonds. The summed E-state index contributed by atoms with van der Waals surface area (Å²) in [6, 6.07) is 1.73. The molecule has 1 fully saturated rings. The first-order valence-electron chi connectivity index (χ1n) is 10.3. The summed E-state index contributed by atoms with van der Waals surface area (Å²) in [5.41, 5.74) is 1.46. The number of nitrogens with zero attached hydrogens (tertiary/aromatic N) is 2. The summed E-state index contributed by atoms with van der Waals surface area (Å²) in [4.78, 5) is 27.9. The number of hydrogen-bond acceptors (Lipinski definition) is 6. The van der Waals surface area contributed by atoms with E-state index in [9.17, 15) is 14.9 Å². The van der Waals surface area contributed by atoms with Crippen molar-refractivity contribution in [1.82, 2.24) is 10.6 Å². The number of amides is 2. The molecule has 2 heterocycles. The lowest BCUT2D eigenvalue weighted by Gasteiger charge is -2.23. The van der Waals surface area contributed by atoms with Gasteiger partial charge < -0.3 is 20.3 Å². The van der Waals surface area contributed by atoms with Crippen LogP contribution in [0.1, 0.15) is 63.0 Å². The number of ether oxygens (including phenoxy) is 1. The molecule has 1 aliphatic carbocycles. The normalized spacial score (nSPS) is 19.8. The summed E-state index contributed by atoms with van der Waals surface area (Å²) >= 11 is 1.74. The van der Waals surface area contributed by atoms with Gasteiger partial charge in [-0.25, -0.2) is 4.79 Å². The fraction of sp³-hybridized carbons (Fsp3) is 0.667. The molecule has 2 aliphatic rings. The first-order valence-corrected chi connectivity index (χ1v) is 11.1. The monoisotopic (exact) mass is 418 g/mol. The van der Waals surface area contributed by atoms with Crippen molar-refractivity contribution >= 4 is 28.3 Å². The Hall–Kier alpha value is -2.27. The van der Waals surface area contributed by atoms with E-state index < -0.39 is 17.7 Å². The van der Waals surface area contributed by atoms with Crippen LogP contribution in [0.3, 0.4) is 0 Å². The maximum absolute atomic E-state index is 12.5. The van der Waals surface area contributed by atoms with Crippen LogP contribution in [0.2, 0.25) is 0 Å².